The van der Waals surface area contributed by atoms with Crippen molar-refractivity contribution < 1.29 is 4.79 Å². The third kappa shape index (κ3) is 1.50. The van der Waals surface area contributed by atoms with Crippen molar-refractivity contribution in [2.24, 2.45) is 7.05 Å². The summed E-state index contributed by atoms with van der Waals surface area (Å²) in [5.41, 5.74) is 3.86. The number of aldehydes is 1. The lowest BCUT2D eigenvalue weighted by Crippen LogP contribution is -2.23. The summed E-state index contributed by atoms with van der Waals surface area (Å²) in [6.07, 6.45) is 0.652. The second-order valence-corrected chi connectivity index (χ2v) is 4.44. The topological polar surface area (TPSA) is 39.1 Å². The van der Waals surface area contributed by atoms with Crippen LogP contribution in [0.15, 0.2) is 16.9 Å². The summed E-state index contributed by atoms with van der Waals surface area (Å²) in [5.74, 6) is 0. The van der Waals surface area contributed by atoms with Crippen LogP contribution in [0.25, 0.3) is 10.9 Å². The van der Waals surface area contributed by atoms with E-state index in [1.165, 1.54) is 0 Å². The van der Waals surface area contributed by atoms with Crippen LogP contribution < -0.4 is 5.56 Å². The van der Waals surface area contributed by atoms with Crippen molar-refractivity contribution in [3.05, 3.63) is 44.7 Å². The molecule has 0 saturated heterocycles. The maximum absolute atomic E-state index is 12.0. The molecule has 0 spiro atoms. The highest BCUT2D eigenvalue weighted by atomic mass is 16.1. The molecule has 1 aromatic carbocycles. The Hall–Kier alpha value is -1.90. The first kappa shape index (κ1) is 11.6. The Bertz CT molecular complexity index is 681. The number of rotatable bonds is 1. The monoisotopic (exact) mass is 229 g/mol. The van der Waals surface area contributed by atoms with Crippen molar-refractivity contribution in [1.82, 2.24) is 4.57 Å². The van der Waals surface area contributed by atoms with Gasteiger partial charge < -0.3 is 4.57 Å². The molecule has 0 amide bonds. The number of aryl methyl sites for hydroxylation is 4. The van der Waals surface area contributed by atoms with Crippen LogP contribution in [0.4, 0.5) is 0 Å². The lowest BCUT2D eigenvalue weighted by atomic mass is 9.98. The number of carbonyl (C=O) groups excluding carboxylic acids is 1. The molecule has 1 aromatic heterocycles. The molecule has 3 heteroatoms. The maximum atomic E-state index is 12.0. The van der Waals surface area contributed by atoms with E-state index in [-0.39, 0.29) is 11.1 Å². The predicted octanol–water partition coefficient (Wildman–Crippen LogP) is 2.28. The first-order valence-electron chi connectivity index (χ1n) is 5.53. The van der Waals surface area contributed by atoms with Gasteiger partial charge in [0.2, 0.25) is 0 Å². The lowest BCUT2D eigenvalue weighted by Gasteiger charge is -2.14. The Labute approximate surface area is 99.7 Å². The van der Waals surface area contributed by atoms with Crippen LogP contribution in [0.2, 0.25) is 0 Å². The van der Waals surface area contributed by atoms with Crippen molar-refractivity contribution >= 4 is 17.2 Å². The van der Waals surface area contributed by atoms with Gasteiger partial charge in [0, 0.05) is 12.4 Å². The van der Waals surface area contributed by atoms with E-state index in [9.17, 15) is 9.59 Å². The van der Waals surface area contributed by atoms with Crippen LogP contribution in [0.3, 0.4) is 0 Å². The van der Waals surface area contributed by atoms with E-state index >= 15 is 0 Å². The first-order valence-corrected chi connectivity index (χ1v) is 5.53. The van der Waals surface area contributed by atoms with Gasteiger partial charge in [-0.3, -0.25) is 9.59 Å². The van der Waals surface area contributed by atoms with Crippen LogP contribution >= 0.6 is 0 Å². The highest BCUT2D eigenvalue weighted by molar-refractivity contribution is 5.93. The minimum Gasteiger partial charge on any atom is -0.310 e. The summed E-state index contributed by atoms with van der Waals surface area (Å²) < 4.78 is 1.56. The van der Waals surface area contributed by atoms with Gasteiger partial charge in [-0.05, 0) is 37.5 Å². The molecule has 0 fully saturated rings. The molecule has 0 saturated carbocycles. The second-order valence-electron chi connectivity index (χ2n) is 4.44. The molecule has 3 nitrogen and oxygen atoms in total. The number of nitrogens with zero attached hydrogens (tertiary/aromatic N) is 1. The zero-order valence-corrected chi connectivity index (χ0v) is 10.5. The van der Waals surface area contributed by atoms with Gasteiger partial charge in [0.25, 0.3) is 5.56 Å². The average molecular weight is 229 g/mol. The zero-order valence-electron chi connectivity index (χ0n) is 10.5. The van der Waals surface area contributed by atoms with E-state index in [0.29, 0.717) is 6.29 Å². The van der Waals surface area contributed by atoms with Crippen molar-refractivity contribution in [1.29, 1.82) is 0 Å². The fourth-order valence-electron chi connectivity index (χ4n) is 2.42. The molecule has 0 bridgehead atoms. The van der Waals surface area contributed by atoms with Crippen LogP contribution in [0.5, 0.6) is 0 Å². The Morgan fingerprint density at radius 2 is 1.71 bits per heavy atom. The largest absolute Gasteiger partial charge is 0.310 e. The number of hydrogen-bond donors (Lipinski definition) is 0. The Balaban J connectivity index is 3.20. The van der Waals surface area contributed by atoms with Crippen LogP contribution in [-0.2, 0) is 7.05 Å². The molecule has 0 aliphatic rings. The Morgan fingerprint density at radius 1 is 1.12 bits per heavy atom. The molecule has 2 aromatic rings. The van der Waals surface area contributed by atoms with Gasteiger partial charge in [0.05, 0.1) is 11.1 Å². The van der Waals surface area contributed by atoms with Gasteiger partial charge >= 0.3 is 0 Å². The number of aromatic nitrogens is 1. The van der Waals surface area contributed by atoms with Crippen molar-refractivity contribution in [3.8, 4) is 0 Å². The van der Waals surface area contributed by atoms with Gasteiger partial charge in [-0.15, -0.1) is 0 Å². The summed E-state index contributed by atoms with van der Waals surface area (Å²) in [6.45, 7) is 5.80. The third-order valence-corrected chi connectivity index (χ3v) is 3.36. The molecule has 0 unspecified atom stereocenters. The minimum absolute atomic E-state index is 0.223. The van der Waals surface area contributed by atoms with E-state index in [0.717, 1.165) is 27.6 Å². The Kier molecular flexibility index (Phi) is 2.62. The van der Waals surface area contributed by atoms with Gasteiger partial charge in [-0.1, -0.05) is 12.1 Å². The molecular formula is C14H15NO2. The van der Waals surface area contributed by atoms with E-state index in [4.69, 9.17) is 0 Å². The van der Waals surface area contributed by atoms with Crippen LogP contribution in [0, 0.1) is 20.8 Å². The highest BCUT2D eigenvalue weighted by Gasteiger charge is 2.14. The first-order chi connectivity index (χ1) is 7.99. The summed E-state index contributed by atoms with van der Waals surface area (Å²) in [6, 6.07) is 4.01. The lowest BCUT2D eigenvalue weighted by molar-refractivity contribution is 0.112. The maximum Gasteiger partial charge on any atom is 0.261 e. The molecule has 1 heterocycles. The van der Waals surface area contributed by atoms with Crippen LogP contribution in [0.1, 0.15) is 27.0 Å². The van der Waals surface area contributed by atoms with Crippen molar-refractivity contribution in [2.75, 3.05) is 0 Å². The molecule has 0 N–H and O–H groups in total. The fraction of sp³-hybridized carbons (Fsp3) is 0.286. The van der Waals surface area contributed by atoms with Gasteiger partial charge in [-0.2, -0.15) is 0 Å². The molecule has 0 atom stereocenters. The van der Waals surface area contributed by atoms with Gasteiger partial charge in [0.1, 0.15) is 0 Å². The number of benzene rings is 1. The molecular weight excluding hydrogens is 214 g/mol. The van der Waals surface area contributed by atoms with E-state index in [2.05, 4.69) is 0 Å². The highest BCUT2D eigenvalue weighted by Crippen LogP contribution is 2.24. The molecule has 0 radical (unpaired) electrons. The van der Waals surface area contributed by atoms with E-state index in [1.807, 2.05) is 32.9 Å². The molecule has 0 aliphatic carbocycles. The van der Waals surface area contributed by atoms with Gasteiger partial charge in [-0.25, -0.2) is 0 Å². The zero-order chi connectivity index (χ0) is 12.7. The summed E-state index contributed by atoms with van der Waals surface area (Å²) in [4.78, 5) is 23.1. The minimum atomic E-state index is -0.223. The smallest absolute Gasteiger partial charge is 0.261 e. The standard InChI is InChI=1S/C14H15NO2/c1-8-5-6-9(2)13-12(8)10(3)11(7-16)14(17)15(13)4/h5-7H,1-4H3. The van der Waals surface area contributed by atoms with Gasteiger partial charge in [0.15, 0.2) is 6.29 Å². The molecule has 88 valence electrons. The average Bonchev–Trinajstić information content (AvgIpc) is 2.30. The van der Waals surface area contributed by atoms with E-state index in [1.54, 1.807) is 11.6 Å². The van der Waals surface area contributed by atoms with Crippen molar-refractivity contribution in [3.63, 3.8) is 0 Å². The molecule has 17 heavy (non-hydrogen) atoms. The Morgan fingerprint density at radius 3 is 2.29 bits per heavy atom. The van der Waals surface area contributed by atoms with Crippen LogP contribution in [-0.4, -0.2) is 10.9 Å². The van der Waals surface area contributed by atoms with E-state index < -0.39 is 0 Å². The number of fused-ring (bicyclic) bond motifs is 1. The summed E-state index contributed by atoms with van der Waals surface area (Å²) in [5, 5.41) is 1.01. The number of pyridine rings is 1. The summed E-state index contributed by atoms with van der Waals surface area (Å²) >= 11 is 0. The number of hydrogen-bond acceptors (Lipinski definition) is 2. The molecule has 0 aliphatic heterocycles. The SMILES string of the molecule is Cc1ccc(C)c2c1c(C)c(C=O)c(=O)n2C. The quantitative estimate of drug-likeness (QED) is 0.704. The second kappa shape index (κ2) is 3.84. The molecule has 2 rings (SSSR count). The van der Waals surface area contributed by atoms with Crippen molar-refractivity contribution in [2.45, 2.75) is 20.8 Å². The third-order valence-electron chi connectivity index (χ3n) is 3.36. The number of carbonyl (C=O) groups is 1. The predicted molar refractivity (Wildman–Crippen MR) is 68.8 cm³/mol. The normalized spacial score (nSPS) is 10.8. The summed E-state index contributed by atoms with van der Waals surface area (Å²) in [7, 11) is 1.71. The fourth-order valence-corrected chi connectivity index (χ4v) is 2.42.